The maximum Gasteiger partial charge on any atom is 0.223 e. The smallest absolute Gasteiger partial charge is 0.223 e. The number of carbonyl (C=O) groups is 1. The standard InChI is InChI=1S/C10H20N2OS/c1-5-7(3)8(13)12-10(4,6-2)9(11)14/h7H,5-6H2,1-4H3,(H2,11,14)(H,12,13). The Kier molecular flexibility index (Phi) is 5.05. The minimum absolute atomic E-state index is 0.00947. The van der Waals surface area contributed by atoms with Gasteiger partial charge in [-0.1, -0.05) is 33.0 Å². The predicted octanol–water partition coefficient (Wildman–Crippen LogP) is 1.60. The molecular formula is C10H20N2OS. The normalized spacial score (nSPS) is 16.9. The van der Waals surface area contributed by atoms with Gasteiger partial charge in [-0.2, -0.15) is 0 Å². The van der Waals surface area contributed by atoms with Gasteiger partial charge >= 0.3 is 0 Å². The van der Waals surface area contributed by atoms with Crippen LogP contribution in [0, 0.1) is 5.92 Å². The molecule has 2 unspecified atom stereocenters. The Morgan fingerprint density at radius 2 is 2.07 bits per heavy atom. The second kappa shape index (κ2) is 5.29. The van der Waals surface area contributed by atoms with Crippen LogP contribution in [0.3, 0.4) is 0 Å². The van der Waals surface area contributed by atoms with Crippen molar-refractivity contribution in [1.82, 2.24) is 5.32 Å². The Balaban J connectivity index is 4.47. The van der Waals surface area contributed by atoms with Crippen LogP contribution in [0.4, 0.5) is 0 Å². The van der Waals surface area contributed by atoms with Gasteiger partial charge in [0, 0.05) is 5.92 Å². The summed E-state index contributed by atoms with van der Waals surface area (Å²) in [5.74, 6) is 0.0277. The molecule has 3 N–H and O–H groups in total. The van der Waals surface area contributed by atoms with Gasteiger partial charge < -0.3 is 11.1 Å². The predicted molar refractivity (Wildman–Crippen MR) is 63.1 cm³/mol. The molecule has 0 aromatic rings. The van der Waals surface area contributed by atoms with Crippen molar-refractivity contribution in [1.29, 1.82) is 0 Å². The van der Waals surface area contributed by atoms with Crippen molar-refractivity contribution in [2.45, 2.75) is 46.1 Å². The molecule has 0 heterocycles. The van der Waals surface area contributed by atoms with Crippen molar-refractivity contribution in [3.05, 3.63) is 0 Å². The van der Waals surface area contributed by atoms with E-state index in [0.29, 0.717) is 11.4 Å². The maximum atomic E-state index is 11.6. The summed E-state index contributed by atoms with van der Waals surface area (Å²) in [6.45, 7) is 7.69. The lowest BCUT2D eigenvalue weighted by molar-refractivity contribution is -0.125. The quantitative estimate of drug-likeness (QED) is 0.686. The van der Waals surface area contributed by atoms with Gasteiger partial charge in [0.05, 0.1) is 10.5 Å². The monoisotopic (exact) mass is 216 g/mol. The summed E-state index contributed by atoms with van der Waals surface area (Å²) < 4.78 is 0. The molecule has 2 atom stereocenters. The third-order valence-corrected chi connectivity index (χ3v) is 3.16. The van der Waals surface area contributed by atoms with Crippen LogP contribution in [0.2, 0.25) is 0 Å². The molecule has 4 heteroatoms. The van der Waals surface area contributed by atoms with Crippen molar-refractivity contribution >= 4 is 23.1 Å². The van der Waals surface area contributed by atoms with Crippen LogP contribution < -0.4 is 11.1 Å². The third-order valence-electron chi connectivity index (χ3n) is 2.71. The molecule has 14 heavy (non-hydrogen) atoms. The van der Waals surface area contributed by atoms with Crippen LogP contribution in [0.5, 0.6) is 0 Å². The Morgan fingerprint density at radius 3 is 2.36 bits per heavy atom. The number of nitrogens with two attached hydrogens (primary N) is 1. The summed E-state index contributed by atoms with van der Waals surface area (Å²) in [4.78, 5) is 12.0. The molecule has 0 aromatic carbocycles. The van der Waals surface area contributed by atoms with E-state index in [-0.39, 0.29) is 11.8 Å². The van der Waals surface area contributed by atoms with Crippen molar-refractivity contribution in [3.63, 3.8) is 0 Å². The highest BCUT2D eigenvalue weighted by atomic mass is 32.1. The van der Waals surface area contributed by atoms with Crippen LogP contribution in [-0.4, -0.2) is 16.4 Å². The molecule has 0 radical (unpaired) electrons. The van der Waals surface area contributed by atoms with Crippen molar-refractivity contribution in [2.75, 3.05) is 0 Å². The van der Waals surface area contributed by atoms with Crippen molar-refractivity contribution in [2.24, 2.45) is 11.7 Å². The van der Waals surface area contributed by atoms with Gasteiger partial charge in [0.15, 0.2) is 0 Å². The van der Waals surface area contributed by atoms with E-state index in [4.69, 9.17) is 18.0 Å². The van der Waals surface area contributed by atoms with E-state index in [1.807, 2.05) is 27.7 Å². The lowest BCUT2D eigenvalue weighted by Gasteiger charge is -2.29. The Morgan fingerprint density at radius 1 is 1.57 bits per heavy atom. The zero-order chi connectivity index (χ0) is 11.4. The number of hydrogen-bond donors (Lipinski definition) is 2. The first kappa shape index (κ1) is 13.4. The van der Waals surface area contributed by atoms with E-state index in [0.717, 1.165) is 6.42 Å². The molecule has 0 aromatic heterocycles. The highest BCUT2D eigenvalue weighted by Gasteiger charge is 2.28. The van der Waals surface area contributed by atoms with Crippen molar-refractivity contribution < 1.29 is 4.79 Å². The molecule has 0 aliphatic rings. The average molecular weight is 216 g/mol. The van der Waals surface area contributed by atoms with E-state index in [2.05, 4.69) is 5.32 Å². The topological polar surface area (TPSA) is 55.1 Å². The zero-order valence-corrected chi connectivity index (χ0v) is 10.2. The minimum Gasteiger partial charge on any atom is -0.391 e. The van der Waals surface area contributed by atoms with Crippen LogP contribution in [-0.2, 0) is 4.79 Å². The third kappa shape index (κ3) is 3.25. The number of thiocarbonyl (C=S) groups is 1. The second-order valence-corrected chi connectivity index (χ2v) is 4.29. The van der Waals surface area contributed by atoms with Gasteiger partial charge in [-0.05, 0) is 19.8 Å². The fourth-order valence-electron chi connectivity index (χ4n) is 0.905. The molecule has 0 aliphatic heterocycles. The number of hydrogen-bond acceptors (Lipinski definition) is 2. The highest BCUT2D eigenvalue weighted by molar-refractivity contribution is 7.80. The molecule has 0 fully saturated rings. The maximum absolute atomic E-state index is 11.6. The van der Waals surface area contributed by atoms with Gasteiger partial charge in [0.1, 0.15) is 0 Å². The van der Waals surface area contributed by atoms with Gasteiger partial charge in [0.25, 0.3) is 0 Å². The molecule has 0 rings (SSSR count). The summed E-state index contributed by atoms with van der Waals surface area (Å²) >= 11 is 4.93. The molecule has 0 saturated carbocycles. The van der Waals surface area contributed by atoms with Crippen molar-refractivity contribution in [3.8, 4) is 0 Å². The first-order chi connectivity index (χ1) is 6.37. The zero-order valence-electron chi connectivity index (χ0n) is 9.39. The summed E-state index contributed by atoms with van der Waals surface area (Å²) in [5.41, 5.74) is 5.04. The number of nitrogens with one attached hydrogen (secondary N) is 1. The van der Waals surface area contributed by atoms with Gasteiger partial charge in [-0.25, -0.2) is 0 Å². The first-order valence-corrected chi connectivity index (χ1v) is 5.40. The molecule has 0 saturated heterocycles. The molecule has 0 aliphatic carbocycles. The van der Waals surface area contributed by atoms with Gasteiger partial charge in [-0.15, -0.1) is 0 Å². The molecule has 1 amide bonds. The molecule has 0 bridgehead atoms. The van der Waals surface area contributed by atoms with E-state index in [1.165, 1.54) is 0 Å². The van der Waals surface area contributed by atoms with Gasteiger partial charge in [0.2, 0.25) is 5.91 Å². The van der Waals surface area contributed by atoms with Crippen LogP contribution in [0.25, 0.3) is 0 Å². The number of rotatable bonds is 5. The summed E-state index contributed by atoms with van der Waals surface area (Å²) in [6, 6.07) is 0. The lowest BCUT2D eigenvalue weighted by atomic mass is 9.97. The fourth-order valence-corrected chi connectivity index (χ4v) is 1.10. The lowest BCUT2D eigenvalue weighted by Crippen LogP contribution is -2.55. The Bertz CT molecular complexity index is 230. The van der Waals surface area contributed by atoms with Gasteiger partial charge in [-0.3, -0.25) is 4.79 Å². The molecular weight excluding hydrogens is 196 g/mol. The van der Waals surface area contributed by atoms with Crippen LogP contribution >= 0.6 is 12.2 Å². The van der Waals surface area contributed by atoms with E-state index < -0.39 is 5.54 Å². The van der Waals surface area contributed by atoms with E-state index >= 15 is 0 Å². The summed E-state index contributed by atoms with van der Waals surface area (Å²) in [5, 5.41) is 2.89. The Labute approximate surface area is 91.4 Å². The first-order valence-electron chi connectivity index (χ1n) is 4.99. The largest absolute Gasteiger partial charge is 0.391 e. The molecule has 82 valence electrons. The minimum atomic E-state index is -0.546. The van der Waals surface area contributed by atoms with E-state index in [9.17, 15) is 4.79 Å². The van der Waals surface area contributed by atoms with Crippen LogP contribution in [0.15, 0.2) is 0 Å². The SMILES string of the molecule is CCC(C)C(=O)NC(C)(CC)C(N)=S. The number of carbonyl (C=O) groups excluding carboxylic acids is 1. The summed E-state index contributed by atoms with van der Waals surface area (Å²) in [6.07, 6.45) is 1.54. The average Bonchev–Trinajstić information content (AvgIpc) is 2.15. The fraction of sp³-hybridized carbons (Fsp3) is 0.800. The van der Waals surface area contributed by atoms with Crippen LogP contribution in [0.1, 0.15) is 40.5 Å². The van der Waals surface area contributed by atoms with E-state index in [1.54, 1.807) is 0 Å². The highest BCUT2D eigenvalue weighted by Crippen LogP contribution is 2.11. The molecule has 0 spiro atoms. The molecule has 3 nitrogen and oxygen atoms in total. The Hall–Kier alpha value is -0.640. The number of amides is 1. The summed E-state index contributed by atoms with van der Waals surface area (Å²) in [7, 11) is 0. The second-order valence-electron chi connectivity index (χ2n) is 3.85.